The molecule has 0 bridgehead atoms. The van der Waals surface area contributed by atoms with Gasteiger partial charge in [0.25, 0.3) is 10.1 Å². The van der Waals surface area contributed by atoms with Crippen molar-refractivity contribution in [3.05, 3.63) is 0 Å². The van der Waals surface area contributed by atoms with Gasteiger partial charge >= 0.3 is 0 Å². The quantitative estimate of drug-likeness (QED) is 0.553. The molecule has 0 amide bonds. The highest BCUT2D eigenvalue weighted by Gasteiger charge is 2.46. The molecule has 1 rings (SSSR count). The van der Waals surface area contributed by atoms with Crippen molar-refractivity contribution < 1.29 is 32.3 Å². The maximum atomic E-state index is 10.9. The zero-order chi connectivity index (χ0) is 11.6. The van der Waals surface area contributed by atoms with Gasteiger partial charge in [-0.05, 0) is 0 Å². The van der Waals surface area contributed by atoms with Gasteiger partial charge in [-0.2, -0.15) is 8.42 Å². The van der Waals surface area contributed by atoms with Crippen molar-refractivity contribution in [1.82, 2.24) is 0 Å². The van der Waals surface area contributed by atoms with E-state index in [9.17, 15) is 13.5 Å². The van der Waals surface area contributed by atoms with E-state index in [1.807, 2.05) is 0 Å². The van der Waals surface area contributed by atoms with E-state index in [1.165, 1.54) is 7.11 Å². The Morgan fingerprint density at radius 3 is 2.47 bits per heavy atom. The molecule has 8 heteroatoms. The minimum absolute atomic E-state index is 0.440. The maximum absolute atomic E-state index is 10.9. The average molecular weight is 242 g/mol. The fourth-order valence-corrected chi connectivity index (χ4v) is 1.96. The van der Waals surface area contributed by atoms with Crippen LogP contribution in [0.1, 0.15) is 0 Å². The lowest BCUT2D eigenvalue weighted by Gasteiger charge is -2.17. The Balaban J connectivity index is 2.76. The van der Waals surface area contributed by atoms with E-state index >= 15 is 0 Å². The number of hydrogen-bond acceptors (Lipinski definition) is 7. The number of aliphatic hydroxyl groups excluding tert-OH is 2. The summed E-state index contributed by atoms with van der Waals surface area (Å²) in [6.07, 6.45) is -3.44. The van der Waals surface area contributed by atoms with Gasteiger partial charge in [-0.15, -0.1) is 0 Å². The third kappa shape index (κ3) is 3.10. The Bertz CT molecular complexity index is 298. The molecule has 0 spiro atoms. The summed E-state index contributed by atoms with van der Waals surface area (Å²) < 4.78 is 36.2. The van der Waals surface area contributed by atoms with Gasteiger partial charge in [0, 0.05) is 7.11 Å². The van der Waals surface area contributed by atoms with Gasteiger partial charge in [0.15, 0.2) is 12.4 Å². The molecule has 0 aromatic carbocycles. The first-order valence-corrected chi connectivity index (χ1v) is 6.06. The van der Waals surface area contributed by atoms with E-state index in [0.717, 1.165) is 6.26 Å². The van der Waals surface area contributed by atoms with Crippen LogP contribution in [0.2, 0.25) is 0 Å². The summed E-state index contributed by atoms with van der Waals surface area (Å²) in [4.78, 5) is 0. The summed E-state index contributed by atoms with van der Waals surface area (Å²) >= 11 is 0. The van der Waals surface area contributed by atoms with Crippen LogP contribution in [0.25, 0.3) is 0 Å². The van der Waals surface area contributed by atoms with Gasteiger partial charge in [-0.25, -0.2) is 0 Å². The minimum atomic E-state index is -3.72. The monoisotopic (exact) mass is 242 g/mol. The maximum Gasteiger partial charge on any atom is 0.264 e. The smallest absolute Gasteiger partial charge is 0.264 e. The molecule has 90 valence electrons. The molecule has 2 N–H and O–H groups in total. The topological polar surface area (TPSA) is 102 Å². The number of rotatable bonds is 4. The first-order valence-electron chi connectivity index (χ1n) is 4.24. The van der Waals surface area contributed by atoms with Gasteiger partial charge in [-0.3, -0.25) is 4.18 Å². The Hall–Kier alpha value is -0.250. The Kier molecular flexibility index (Phi) is 4.04. The predicted molar refractivity (Wildman–Crippen MR) is 48.5 cm³/mol. The molecule has 0 aromatic rings. The zero-order valence-corrected chi connectivity index (χ0v) is 9.18. The lowest BCUT2D eigenvalue weighted by molar-refractivity contribution is -0.147. The van der Waals surface area contributed by atoms with Gasteiger partial charge in [-0.1, -0.05) is 0 Å². The van der Waals surface area contributed by atoms with Crippen molar-refractivity contribution in [2.24, 2.45) is 0 Å². The molecular weight excluding hydrogens is 228 g/mol. The van der Waals surface area contributed by atoms with E-state index in [-0.39, 0.29) is 0 Å². The molecule has 1 fully saturated rings. The second kappa shape index (κ2) is 4.73. The predicted octanol–water partition coefficient (Wildman–Crippen LogP) is -1.94. The lowest BCUT2D eigenvalue weighted by Crippen LogP contribution is -2.38. The second-order valence-corrected chi connectivity index (χ2v) is 4.82. The molecule has 0 aliphatic carbocycles. The third-order valence-corrected chi connectivity index (χ3v) is 2.56. The molecule has 1 heterocycles. The standard InChI is InChI=1S/C7H14O7S/c1-12-7-6(14-15(2,10)11)5(9)4(3-8)13-7/h4-9H,3H2,1-2H3/t4-,5+,6-,7+/m0/s1. The molecule has 0 radical (unpaired) electrons. The fourth-order valence-electron chi connectivity index (χ4n) is 1.35. The normalized spacial score (nSPS) is 37.1. The average Bonchev–Trinajstić information content (AvgIpc) is 2.42. The van der Waals surface area contributed by atoms with Gasteiger partial charge in [0.2, 0.25) is 0 Å². The second-order valence-electron chi connectivity index (χ2n) is 3.22. The molecule has 0 saturated carbocycles. The number of ether oxygens (including phenoxy) is 2. The third-order valence-electron chi connectivity index (χ3n) is 1.99. The lowest BCUT2D eigenvalue weighted by atomic mass is 10.1. The van der Waals surface area contributed by atoms with Crippen molar-refractivity contribution in [1.29, 1.82) is 0 Å². The van der Waals surface area contributed by atoms with Crippen molar-refractivity contribution in [3.8, 4) is 0 Å². The van der Waals surface area contributed by atoms with E-state index in [2.05, 4.69) is 4.18 Å². The first kappa shape index (κ1) is 12.8. The molecule has 1 saturated heterocycles. The van der Waals surface area contributed by atoms with Crippen LogP contribution >= 0.6 is 0 Å². The summed E-state index contributed by atoms with van der Waals surface area (Å²) in [5, 5.41) is 18.4. The molecular formula is C7H14O7S. The van der Waals surface area contributed by atoms with Crippen LogP contribution in [-0.2, 0) is 23.8 Å². The largest absolute Gasteiger partial charge is 0.394 e. The Labute approximate surface area is 87.7 Å². The van der Waals surface area contributed by atoms with E-state index in [0.29, 0.717) is 0 Å². The van der Waals surface area contributed by atoms with Crippen LogP contribution in [0.3, 0.4) is 0 Å². The number of methoxy groups -OCH3 is 1. The molecule has 0 unspecified atom stereocenters. The Morgan fingerprint density at radius 1 is 1.47 bits per heavy atom. The number of hydrogen-bond donors (Lipinski definition) is 2. The SMILES string of the molecule is CO[C@@H]1O[C@@H](CO)[C@@H](O)[C@@H]1OS(C)(=O)=O. The van der Waals surface area contributed by atoms with Crippen LogP contribution < -0.4 is 0 Å². The molecule has 0 aromatic heterocycles. The molecule has 7 nitrogen and oxygen atoms in total. The number of aliphatic hydroxyl groups is 2. The highest BCUT2D eigenvalue weighted by atomic mass is 32.2. The van der Waals surface area contributed by atoms with E-state index in [1.54, 1.807) is 0 Å². The zero-order valence-electron chi connectivity index (χ0n) is 8.36. The van der Waals surface area contributed by atoms with Crippen LogP contribution in [0.15, 0.2) is 0 Å². The summed E-state index contributed by atoms with van der Waals surface area (Å²) in [5.74, 6) is 0. The van der Waals surface area contributed by atoms with Crippen molar-refractivity contribution >= 4 is 10.1 Å². The van der Waals surface area contributed by atoms with Crippen LogP contribution in [-0.4, -0.2) is 63.2 Å². The highest BCUT2D eigenvalue weighted by molar-refractivity contribution is 7.86. The Morgan fingerprint density at radius 2 is 2.07 bits per heavy atom. The van der Waals surface area contributed by atoms with Crippen molar-refractivity contribution in [2.75, 3.05) is 20.0 Å². The molecule has 1 aliphatic heterocycles. The van der Waals surface area contributed by atoms with Crippen LogP contribution in [0, 0.1) is 0 Å². The van der Waals surface area contributed by atoms with Crippen LogP contribution in [0.4, 0.5) is 0 Å². The highest BCUT2D eigenvalue weighted by Crippen LogP contribution is 2.25. The summed E-state index contributed by atoms with van der Waals surface area (Å²) in [6.45, 7) is -0.440. The molecule has 15 heavy (non-hydrogen) atoms. The molecule has 4 atom stereocenters. The molecule has 1 aliphatic rings. The van der Waals surface area contributed by atoms with E-state index in [4.69, 9.17) is 14.6 Å². The van der Waals surface area contributed by atoms with Gasteiger partial charge in [0.1, 0.15) is 12.2 Å². The first-order chi connectivity index (χ1) is 6.89. The summed E-state index contributed by atoms with van der Waals surface area (Å²) in [5.41, 5.74) is 0. The van der Waals surface area contributed by atoms with Crippen LogP contribution in [0.5, 0.6) is 0 Å². The summed E-state index contributed by atoms with van der Waals surface area (Å²) in [7, 11) is -2.43. The van der Waals surface area contributed by atoms with Crippen molar-refractivity contribution in [2.45, 2.75) is 24.6 Å². The van der Waals surface area contributed by atoms with E-state index < -0.39 is 41.3 Å². The minimum Gasteiger partial charge on any atom is -0.394 e. The summed E-state index contributed by atoms with van der Waals surface area (Å²) in [6, 6.07) is 0. The van der Waals surface area contributed by atoms with Crippen molar-refractivity contribution in [3.63, 3.8) is 0 Å². The fraction of sp³-hybridized carbons (Fsp3) is 1.00. The van der Waals surface area contributed by atoms with Gasteiger partial charge in [0.05, 0.1) is 12.9 Å². The van der Waals surface area contributed by atoms with Gasteiger partial charge < -0.3 is 19.7 Å².